The van der Waals surface area contributed by atoms with Crippen molar-refractivity contribution in [2.45, 2.75) is 24.7 Å². The lowest BCUT2D eigenvalue weighted by molar-refractivity contribution is -0.115. The Balaban J connectivity index is 0. The number of rotatable bonds is 5. The van der Waals surface area contributed by atoms with E-state index in [-0.39, 0.29) is 23.4 Å². The molecule has 0 unspecified atom stereocenters. The van der Waals surface area contributed by atoms with E-state index >= 15 is 0 Å². The van der Waals surface area contributed by atoms with Crippen LogP contribution < -0.4 is 0 Å². The highest BCUT2D eigenvalue weighted by Crippen LogP contribution is 2.01. The van der Waals surface area contributed by atoms with Crippen LogP contribution in [0.1, 0.15) is 6.42 Å². The number of aliphatic hydroxyl groups excluding tert-OH is 4. The molecular weight excluding hydrogens is 232 g/mol. The van der Waals surface area contributed by atoms with Crippen LogP contribution >= 0.6 is 17.0 Å². The van der Waals surface area contributed by atoms with Crippen molar-refractivity contribution < 1.29 is 25.2 Å². The fourth-order valence-corrected chi connectivity index (χ4v) is 0.602. The van der Waals surface area contributed by atoms with Crippen molar-refractivity contribution in [1.29, 1.82) is 0 Å². The van der Waals surface area contributed by atoms with Gasteiger partial charge in [-0.25, -0.2) is 0 Å². The van der Waals surface area contributed by atoms with Gasteiger partial charge in [-0.1, -0.05) is 0 Å². The Morgan fingerprint density at radius 1 is 1.17 bits per heavy atom. The van der Waals surface area contributed by atoms with E-state index in [2.05, 4.69) is 0 Å². The van der Waals surface area contributed by atoms with Gasteiger partial charge in [-0.2, -0.15) is 0 Å². The number of aliphatic hydroxyl groups is 4. The van der Waals surface area contributed by atoms with E-state index in [9.17, 15) is 4.79 Å². The molecule has 0 aliphatic heterocycles. The lowest BCUT2D eigenvalue weighted by Gasteiger charge is -2.19. The zero-order valence-corrected chi connectivity index (χ0v) is 8.04. The minimum Gasteiger partial charge on any atom is -0.394 e. The molecule has 3 atom stereocenters. The average Bonchev–Trinajstić information content (AvgIpc) is 2.02. The zero-order chi connectivity index (χ0) is 8.85. The van der Waals surface area contributed by atoms with E-state index in [1.807, 2.05) is 0 Å². The predicted molar refractivity (Wildman–Crippen MR) is 46.1 cm³/mol. The summed E-state index contributed by atoms with van der Waals surface area (Å²) in [4.78, 5) is 9.82. The summed E-state index contributed by atoms with van der Waals surface area (Å²) in [6.45, 7) is -0.642. The molecule has 0 radical (unpaired) electrons. The highest BCUT2D eigenvalue weighted by Gasteiger charge is 2.23. The highest BCUT2D eigenvalue weighted by atomic mass is 79.9. The molecule has 0 aromatic carbocycles. The molecule has 0 saturated heterocycles. The second kappa shape index (κ2) is 7.63. The quantitative estimate of drug-likeness (QED) is 0.430. The van der Waals surface area contributed by atoms with Crippen molar-refractivity contribution >= 4 is 23.3 Å². The molecule has 0 spiro atoms. The summed E-state index contributed by atoms with van der Waals surface area (Å²) in [5.41, 5.74) is 0. The van der Waals surface area contributed by atoms with Gasteiger partial charge in [0.15, 0.2) is 0 Å². The highest BCUT2D eigenvalue weighted by molar-refractivity contribution is 8.93. The first kappa shape index (κ1) is 14.5. The van der Waals surface area contributed by atoms with Gasteiger partial charge in [0.2, 0.25) is 0 Å². The van der Waals surface area contributed by atoms with Crippen LogP contribution in [-0.4, -0.2) is 51.6 Å². The van der Waals surface area contributed by atoms with Gasteiger partial charge in [0, 0.05) is 6.42 Å². The molecule has 0 bridgehead atoms. The van der Waals surface area contributed by atoms with Gasteiger partial charge in [0.25, 0.3) is 0 Å². The van der Waals surface area contributed by atoms with E-state index < -0.39 is 24.9 Å². The van der Waals surface area contributed by atoms with Crippen LogP contribution in [-0.2, 0) is 4.79 Å². The molecule has 0 saturated carbocycles. The fraction of sp³-hybridized carbons (Fsp3) is 0.833. The van der Waals surface area contributed by atoms with Crippen LogP contribution in [0.15, 0.2) is 0 Å². The van der Waals surface area contributed by atoms with Gasteiger partial charge in [0.1, 0.15) is 18.5 Å². The largest absolute Gasteiger partial charge is 0.394 e. The molecule has 0 aliphatic rings. The first-order valence-corrected chi connectivity index (χ1v) is 3.22. The first-order chi connectivity index (χ1) is 5.13. The molecule has 0 fully saturated rings. The Morgan fingerprint density at radius 3 is 2.00 bits per heavy atom. The summed E-state index contributed by atoms with van der Waals surface area (Å²) in [6.07, 6.45) is -4.00. The topological polar surface area (TPSA) is 98.0 Å². The fourth-order valence-electron chi connectivity index (χ4n) is 0.602. The standard InChI is InChI=1S/C6H12O5.BrH/c7-2-1-4(9)6(11)5(10)3-8;/h2,4-6,8-11H,1,3H2;1H/t4-,5-,6+;/m1./s1. The summed E-state index contributed by atoms with van der Waals surface area (Å²) in [5.74, 6) is 0. The summed E-state index contributed by atoms with van der Waals surface area (Å²) >= 11 is 0. The zero-order valence-electron chi connectivity index (χ0n) is 6.33. The van der Waals surface area contributed by atoms with Crippen LogP contribution in [0, 0.1) is 0 Å². The maximum Gasteiger partial charge on any atom is 0.122 e. The van der Waals surface area contributed by atoms with E-state index in [1.54, 1.807) is 0 Å². The smallest absolute Gasteiger partial charge is 0.122 e. The van der Waals surface area contributed by atoms with Crippen LogP contribution in [0.25, 0.3) is 0 Å². The Hall–Kier alpha value is -0.0100. The maximum atomic E-state index is 9.82. The van der Waals surface area contributed by atoms with Crippen molar-refractivity contribution in [2.24, 2.45) is 0 Å². The molecule has 74 valence electrons. The molecule has 4 N–H and O–H groups in total. The summed E-state index contributed by atoms with van der Waals surface area (Å²) in [6, 6.07) is 0. The SMILES string of the molecule is Br.O=CC[C@@H](O)[C@H](O)[C@H](O)CO. The van der Waals surface area contributed by atoms with E-state index in [4.69, 9.17) is 20.4 Å². The van der Waals surface area contributed by atoms with Gasteiger partial charge in [-0.3, -0.25) is 0 Å². The van der Waals surface area contributed by atoms with Crippen LogP contribution in [0.2, 0.25) is 0 Å². The molecule has 0 amide bonds. The number of aldehydes is 1. The third-order valence-electron chi connectivity index (χ3n) is 1.31. The molecule has 0 heterocycles. The molecule has 6 heteroatoms. The van der Waals surface area contributed by atoms with Crippen LogP contribution in [0.4, 0.5) is 0 Å². The lowest BCUT2D eigenvalue weighted by atomic mass is 10.1. The normalized spacial score (nSPS) is 17.3. The van der Waals surface area contributed by atoms with E-state index in [0.29, 0.717) is 6.29 Å². The summed E-state index contributed by atoms with van der Waals surface area (Å²) in [5, 5.41) is 34.8. The number of carbonyl (C=O) groups excluding carboxylic acids is 1. The Bertz CT molecular complexity index is 121. The maximum absolute atomic E-state index is 9.82. The minimum absolute atomic E-state index is 0. The van der Waals surface area contributed by atoms with Crippen molar-refractivity contribution in [3.05, 3.63) is 0 Å². The molecule has 0 rings (SSSR count). The Kier molecular flexibility index (Phi) is 9.23. The summed E-state index contributed by atoms with van der Waals surface area (Å²) in [7, 11) is 0. The number of hydrogen-bond acceptors (Lipinski definition) is 5. The molecule has 0 aliphatic carbocycles. The Labute approximate surface area is 80.4 Å². The minimum atomic E-state index is -1.47. The van der Waals surface area contributed by atoms with Crippen LogP contribution in [0.3, 0.4) is 0 Å². The van der Waals surface area contributed by atoms with Crippen molar-refractivity contribution in [3.63, 3.8) is 0 Å². The van der Waals surface area contributed by atoms with Gasteiger partial charge >= 0.3 is 0 Å². The number of halogens is 1. The van der Waals surface area contributed by atoms with Crippen molar-refractivity contribution in [2.75, 3.05) is 6.61 Å². The van der Waals surface area contributed by atoms with Gasteiger partial charge in [0.05, 0.1) is 12.7 Å². The van der Waals surface area contributed by atoms with Gasteiger partial charge in [-0.15, -0.1) is 17.0 Å². The molecule has 0 aromatic heterocycles. The van der Waals surface area contributed by atoms with Crippen molar-refractivity contribution in [3.8, 4) is 0 Å². The molecular formula is C6H13BrO5. The molecule has 0 aromatic rings. The summed E-state index contributed by atoms with van der Waals surface area (Å²) < 4.78 is 0. The number of carbonyl (C=O) groups is 1. The second-order valence-corrected chi connectivity index (χ2v) is 2.21. The average molecular weight is 245 g/mol. The molecule has 5 nitrogen and oxygen atoms in total. The van der Waals surface area contributed by atoms with E-state index in [0.717, 1.165) is 0 Å². The second-order valence-electron chi connectivity index (χ2n) is 2.21. The van der Waals surface area contributed by atoms with Gasteiger partial charge < -0.3 is 25.2 Å². The molecule has 12 heavy (non-hydrogen) atoms. The lowest BCUT2D eigenvalue weighted by Crippen LogP contribution is -2.39. The third kappa shape index (κ3) is 4.78. The van der Waals surface area contributed by atoms with Crippen LogP contribution in [0.5, 0.6) is 0 Å². The third-order valence-corrected chi connectivity index (χ3v) is 1.31. The van der Waals surface area contributed by atoms with Crippen molar-refractivity contribution in [1.82, 2.24) is 0 Å². The monoisotopic (exact) mass is 244 g/mol. The van der Waals surface area contributed by atoms with Gasteiger partial charge in [-0.05, 0) is 0 Å². The first-order valence-electron chi connectivity index (χ1n) is 3.22. The number of hydrogen-bond donors (Lipinski definition) is 4. The predicted octanol–water partition coefficient (Wildman–Crippen LogP) is -1.77. The Morgan fingerprint density at radius 2 is 1.67 bits per heavy atom. The van der Waals surface area contributed by atoms with E-state index in [1.165, 1.54) is 0 Å².